The van der Waals surface area contributed by atoms with E-state index in [4.69, 9.17) is 33.2 Å². The van der Waals surface area contributed by atoms with Crippen LogP contribution in [0.3, 0.4) is 0 Å². The molecule has 5 unspecified atom stereocenters. The van der Waals surface area contributed by atoms with Crippen molar-refractivity contribution in [2.45, 2.75) is 292 Å². The third-order valence-corrected chi connectivity index (χ3v) is 26.4. The number of hydrogen-bond acceptors (Lipinski definition) is 14. The Bertz CT molecular complexity index is 2420. The highest BCUT2D eigenvalue weighted by molar-refractivity contribution is 5.83. The number of hydrogen-bond donors (Lipinski definition) is 1. The van der Waals surface area contributed by atoms with Crippen LogP contribution in [0.1, 0.15) is 263 Å². The minimum atomic E-state index is -0.687. The SMILES string of the molecule is CCC(C)(C)C(=O)OC1(CC)C2CC3CC(C2)CC1C3.CCC(C)(C)C(=O)OC12CC3CC(CC(O)(C3)C1)C2.CCC(C)(C)C(=O)OC1C2CC3CC1CC(C(=O)OCOCC1C4CC5CC(C4)CC1C5)(C3)C2.CCC(C)(C)C(=O)OC1CCOC1=O. The lowest BCUT2D eigenvalue weighted by Gasteiger charge is -2.60. The fourth-order valence-corrected chi connectivity index (χ4v) is 20.6. The molecule has 16 aliphatic carbocycles. The second kappa shape index (κ2) is 25.3. The monoisotopic (exact) mass is 1220 g/mol. The Hall–Kier alpha value is -3.26. The molecule has 17 rings (SSSR count). The third kappa shape index (κ3) is 13.8. The lowest BCUT2D eigenvalue weighted by atomic mass is 9.48. The molecule has 87 heavy (non-hydrogen) atoms. The minimum absolute atomic E-state index is 0.0241. The van der Waals surface area contributed by atoms with Gasteiger partial charge in [0.15, 0.2) is 6.79 Å². The first-order valence-corrected chi connectivity index (χ1v) is 35.4. The van der Waals surface area contributed by atoms with Gasteiger partial charge in [-0.1, -0.05) is 34.6 Å². The van der Waals surface area contributed by atoms with Crippen molar-refractivity contribution in [1.29, 1.82) is 0 Å². The molecule has 1 saturated heterocycles. The molecule has 0 amide bonds. The van der Waals surface area contributed by atoms with E-state index in [9.17, 15) is 33.9 Å². The molecule has 0 spiro atoms. The Kier molecular flexibility index (Phi) is 19.4. The van der Waals surface area contributed by atoms with Crippen LogP contribution in [0.15, 0.2) is 0 Å². The summed E-state index contributed by atoms with van der Waals surface area (Å²) in [5, 5.41) is 10.6. The fourth-order valence-electron chi connectivity index (χ4n) is 20.6. The standard InChI is InChI=1S/C29H44O5.C18H30O2.C16H26O3.C10H16O4/c1-4-28(2,3)26(30)34-25-22-10-19-11-23(25)14-29(12-19,13-22)27(31)33-16-32-15-24-20-6-17-5-18(8-20)9-21(24)7-17;1-5-17(3,4)16(19)20-18(6-2)14-8-12-7-13(10-14)11-15(18)9-12;1-4-14(2,3)13(17)19-16-8-11-5-12(9-16)7-15(18,6-11)10-16;1-4-10(2,3)9(12)14-7-5-6-13-8(7)11/h17-25H,4-16H2,1-3H3;12-15H,5-11H2,1-4H3;11-12,18H,4-10H2,1-3H3;7H,4-6H2,1-3H3. The Morgan fingerprint density at radius 2 is 0.966 bits per heavy atom. The van der Waals surface area contributed by atoms with Crippen molar-refractivity contribution in [2.75, 3.05) is 20.0 Å². The van der Waals surface area contributed by atoms with Gasteiger partial charge in [0.1, 0.15) is 17.3 Å². The number of rotatable bonds is 18. The van der Waals surface area contributed by atoms with Crippen molar-refractivity contribution >= 4 is 35.8 Å². The molecule has 17 aliphatic rings. The van der Waals surface area contributed by atoms with Gasteiger partial charge in [0.25, 0.3) is 0 Å². The molecule has 16 saturated carbocycles. The molecule has 1 heterocycles. The molecular weight excluding hydrogens is 1100 g/mol. The van der Waals surface area contributed by atoms with Gasteiger partial charge in [0, 0.05) is 12.8 Å². The zero-order chi connectivity index (χ0) is 62.9. The predicted octanol–water partition coefficient (Wildman–Crippen LogP) is 14.7. The van der Waals surface area contributed by atoms with E-state index >= 15 is 0 Å². The van der Waals surface area contributed by atoms with Crippen molar-refractivity contribution in [3.63, 3.8) is 0 Å². The van der Waals surface area contributed by atoms with E-state index in [-0.39, 0.29) is 64.8 Å². The van der Waals surface area contributed by atoms with Crippen molar-refractivity contribution in [3.05, 3.63) is 0 Å². The van der Waals surface area contributed by atoms with Crippen molar-refractivity contribution < 1.29 is 67.0 Å². The van der Waals surface area contributed by atoms with Gasteiger partial charge in [-0.15, -0.1) is 0 Å². The Balaban J connectivity index is 0.000000137. The van der Waals surface area contributed by atoms with Gasteiger partial charge in [-0.25, -0.2) is 4.79 Å². The van der Waals surface area contributed by atoms with E-state index in [2.05, 4.69) is 13.8 Å². The largest absolute Gasteiger partial charge is 0.463 e. The van der Waals surface area contributed by atoms with E-state index in [0.29, 0.717) is 73.2 Å². The van der Waals surface area contributed by atoms with Gasteiger partial charge >= 0.3 is 35.8 Å². The van der Waals surface area contributed by atoms with Gasteiger partial charge in [0.05, 0.1) is 45.9 Å². The molecule has 14 heteroatoms. The summed E-state index contributed by atoms with van der Waals surface area (Å²) in [6.07, 6.45) is 28.0. The normalized spacial score (nSPS) is 41.1. The topological polar surface area (TPSA) is 187 Å². The van der Waals surface area contributed by atoms with Crippen LogP contribution in [0.5, 0.6) is 0 Å². The maximum atomic E-state index is 13.3. The van der Waals surface area contributed by atoms with Crippen molar-refractivity contribution in [2.24, 2.45) is 110 Å². The molecule has 0 aromatic heterocycles. The van der Waals surface area contributed by atoms with Crippen molar-refractivity contribution in [3.8, 4) is 0 Å². The van der Waals surface area contributed by atoms with Crippen LogP contribution >= 0.6 is 0 Å². The molecule has 0 radical (unpaired) electrons. The van der Waals surface area contributed by atoms with Crippen LogP contribution in [-0.2, 0) is 61.9 Å². The highest BCUT2D eigenvalue weighted by Gasteiger charge is 2.63. The third-order valence-electron chi connectivity index (χ3n) is 26.4. The predicted molar refractivity (Wildman–Crippen MR) is 330 cm³/mol. The van der Waals surface area contributed by atoms with Gasteiger partial charge in [-0.05, 0) is 299 Å². The lowest BCUT2D eigenvalue weighted by Crippen LogP contribution is -2.61. The highest BCUT2D eigenvalue weighted by Crippen LogP contribution is 2.64. The fraction of sp³-hybridized carbons (Fsp3) is 0.918. The summed E-state index contributed by atoms with van der Waals surface area (Å²) in [5.74, 6) is 8.77. The Morgan fingerprint density at radius 3 is 1.43 bits per heavy atom. The summed E-state index contributed by atoms with van der Waals surface area (Å²) in [5.41, 5.74) is -3.14. The summed E-state index contributed by atoms with van der Waals surface area (Å²) < 4.78 is 39.9. The number of cyclic esters (lactones) is 1. The summed E-state index contributed by atoms with van der Waals surface area (Å²) >= 11 is 0. The highest BCUT2D eigenvalue weighted by atomic mass is 16.7. The number of carbonyl (C=O) groups is 6. The van der Waals surface area contributed by atoms with E-state index in [1.165, 1.54) is 70.6 Å². The second-order valence-corrected chi connectivity index (χ2v) is 34.2. The molecule has 16 bridgehead atoms. The molecule has 17 fully saturated rings. The first-order valence-electron chi connectivity index (χ1n) is 35.4. The second-order valence-electron chi connectivity index (χ2n) is 34.2. The van der Waals surface area contributed by atoms with Gasteiger partial charge < -0.3 is 38.3 Å². The molecule has 1 aliphatic heterocycles. The van der Waals surface area contributed by atoms with Gasteiger partial charge in [-0.2, -0.15) is 0 Å². The summed E-state index contributed by atoms with van der Waals surface area (Å²) in [7, 11) is 0. The van der Waals surface area contributed by atoms with E-state index < -0.39 is 33.9 Å². The summed E-state index contributed by atoms with van der Waals surface area (Å²) in [4.78, 5) is 73.7. The smallest absolute Gasteiger partial charge is 0.347 e. The number of ether oxygens (including phenoxy) is 7. The maximum absolute atomic E-state index is 13.3. The first kappa shape index (κ1) is 66.7. The van der Waals surface area contributed by atoms with Gasteiger partial charge in [-0.3, -0.25) is 24.0 Å². The Labute approximate surface area is 523 Å². The van der Waals surface area contributed by atoms with E-state index in [0.717, 1.165) is 126 Å². The van der Waals surface area contributed by atoms with E-state index in [1.54, 1.807) is 13.8 Å². The summed E-state index contributed by atoms with van der Waals surface area (Å²) in [6.45, 7) is 27.0. The molecule has 5 atom stereocenters. The molecule has 492 valence electrons. The molecule has 0 aromatic rings. The van der Waals surface area contributed by atoms with Crippen LogP contribution in [0.25, 0.3) is 0 Å². The first-order chi connectivity index (χ1) is 40.9. The number of carbonyl (C=O) groups excluding carboxylic acids is 6. The van der Waals surface area contributed by atoms with Crippen LogP contribution in [0.4, 0.5) is 0 Å². The van der Waals surface area contributed by atoms with Crippen LogP contribution in [0, 0.1) is 110 Å². The zero-order valence-electron chi connectivity index (χ0n) is 56.2. The van der Waals surface area contributed by atoms with Crippen molar-refractivity contribution in [1.82, 2.24) is 0 Å². The summed E-state index contributed by atoms with van der Waals surface area (Å²) in [6, 6.07) is 0. The average molecular weight is 1220 g/mol. The molecular formula is C73H116O14. The van der Waals surface area contributed by atoms with Crippen LogP contribution < -0.4 is 0 Å². The lowest BCUT2D eigenvalue weighted by molar-refractivity contribution is -0.225. The van der Waals surface area contributed by atoms with Crippen LogP contribution in [0.2, 0.25) is 0 Å². The zero-order valence-corrected chi connectivity index (χ0v) is 56.2. The molecule has 14 nitrogen and oxygen atoms in total. The molecule has 0 aromatic carbocycles. The van der Waals surface area contributed by atoms with Gasteiger partial charge in [0.2, 0.25) is 6.10 Å². The maximum Gasteiger partial charge on any atom is 0.347 e. The van der Waals surface area contributed by atoms with Crippen LogP contribution in [-0.4, -0.2) is 89.9 Å². The Morgan fingerprint density at radius 1 is 0.517 bits per heavy atom. The number of aliphatic hydroxyl groups is 1. The molecule has 1 N–H and O–H groups in total. The minimum Gasteiger partial charge on any atom is -0.463 e. The average Bonchev–Trinajstić information content (AvgIpc) is 0.950. The number of esters is 6. The van der Waals surface area contributed by atoms with E-state index in [1.807, 2.05) is 62.3 Å². The quantitative estimate of drug-likeness (QED) is 0.0591.